The third-order valence-electron chi connectivity index (χ3n) is 21.6. The first-order valence-corrected chi connectivity index (χ1v) is 31.8. The highest BCUT2D eigenvalue weighted by molar-refractivity contribution is 5.68. The summed E-state index contributed by atoms with van der Waals surface area (Å²) in [6.45, 7) is 24.8. The quantitative estimate of drug-likeness (QED) is 0.103. The molecular formula is C64H94N4O19. The number of fused-ring (bicyclic) bond motifs is 6. The maximum Gasteiger partial charge on any atom is 0.303 e. The number of hydrogen-bond donors (Lipinski definition) is 1. The fourth-order valence-corrected chi connectivity index (χ4v) is 17.1. The van der Waals surface area contributed by atoms with Crippen molar-refractivity contribution < 1.29 is 90.7 Å². The number of aliphatic hydroxyl groups is 1. The second-order valence-electron chi connectivity index (χ2n) is 27.3. The molecule has 1 aromatic heterocycles. The van der Waals surface area contributed by atoms with Crippen molar-refractivity contribution >= 4 is 35.8 Å². The molecule has 6 heterocycles. The molecule has 2 saturated carbocycles. The van der Waals surface area contributed by atoms with Gasteiger partial charge in [-0.05, 0) is 98.9 Å². The predicted octanol–water partition coefficient (Wildman–Crippen LogP) is 6.65. The number of aromatic nitrogens is 3. The van der Waals surface area contributed by atoms with Crippen LogP contribution in [0.15, 0.2) is 29.0 Å². The summed E-state index contributed by atoms with van der Waals surface area (Å²) in [6.07, 6.45) is -0.136. The summed E-state index contributed by atoms with van der Waals surface area (Å²) >= 11 is 0. The van der Waals surface area contributed by atoms with Gasteiger partial charge in [-0.1, -0.05) is 70.9 Å². The normalized spacial score (nSPS) is 42.6. The largest absolute Gasteiger partial charge is 0.463 e. The third-order valence-corrected chi connectivity index (χ3v) is 21.6. The van der Waals surface area contributed by atoms with E-state index in [0.717, 1.165) is 57.9 Å². The van der Waals surface area contributed by atoms with Gasteiger partial charge in [-0.15, -0.1) is 5.10 Å². The van der Waals surface area contributed by atoms with Crippen molar-refractivity contribution in [3.8, 4) is 0 Å². The number of carbonyl (C=O) groups is 6. The maximum atomic E-state index is 13.2. The molecule has 10 rings (SSSR count). The van der Waals surface area contributed by atoms with Crippen LogP contribution in [0.4, 0.5) is 0 Å². The van der Waals surface area contributed by atoms with Crippen molar-refractivity contribution in [2.45, 2.75) is 246 Å². The Labute approximate surface area is 510 Å². The Kier molecular flexibility index (Phi) is 19.6. The third kappa shape index (κ3) is 13.1. The van der Waals surface area contributed by atoms with Gasteiger partial charge >= 0.3 is 35.8 Å². The molecule has 1 aromatic rings. The van der Waals surface area contributed by atoms with Crippen LogP contribution in [0.1, 0.15) is 160 Å². The Morgan fingerprint density at radius 3 is 1.85 bits per heavy atom. The van der Waals surface area contributed by atoms with Crippen molar-refractivity contribution in [2.24, 2.45) is 58.7 Å². The van der Waals surface area contributed by atoms with Crippen LogP contribution in [0.25, 0.3) is 0 Å². The number of piperidine rings is 1. The molecule has 5 saturated heterocycles. The molecule has 7 fully saturated rings. The number of hydrogen-bond acceptors (Lipinski definition) is 22. The molecule has 0 bridgehead atoms. The molecule has 5 aliphatic heterocycles. The van der Waals surface area contributed by atoms with E-state index in [1.54, 1.807) is 25.6 Å². The average Bonchev–Trinajstić information content (AvgIpc) is 1.57. The lowest BCUT2D eigenvalue weighted by Gasteiger charge is -2.50. The predicted molar refractivity (Wildman–Crippen MR) is 307 cm³/mol. The van der Waals surface area contributed by atoms with Gasteiger partial charge in [-0.25, -0.2) is 4.68 Å². The van der Waals surface area contributed by atoms with E-state index < -0.39 is 115 Å². The number of likely N-dealkylation sites (tertiary alicyclic amines) is 1. The molecular weight excluding hydrogens is 1130 g/mol. The van der Waals surface area contributed by atoms with Crippen LogP contribution in [0.3, 0.4) is 0 Å². The average molecular weight is 1220 g/mol. The fourth-order valence-electron chi connectivity index (χ4n) is 17.1. The summed E-state index contributed by atoms with van der Waals surface area (Å²) in [7, 11) is 0. The highest BCUT2D eigenvalue weighted by atomic mass is 16.8. The number of ether oxygens (including phenoxy) is 12. The number of nitrogens with zero attached hydrogens (tertiary/aromatic N) is 4. The highest BCUT2D eigenvalue weighted by Crippen LogP contribution is 2.65. The summed E-state index contributed by atoms with van der Waals surface area (Å²) in [5.41, 5.74) is 4.94. The Hall–Kier alpha value is -4.88. The summed E-state index contributed by atoms with van der Waals surface area (Å²) in [6, 6.07) is 0.117. The molecule has 1 N–H and O–H groups in total. The van der Waals surface area contributed by atoms with Gasteiger partial charge in [0.2, 0.25) is 0 Å². The number of aliphatic hydroxyl groups excluding tert-OH is 1. The lowest BCUT2D eigenvalue weighted by Crippen LogP contribution is -2.63. The summed E-state index contributed by atoms with van der Waals surface area (Å²) < 4.78 is 77.0. The second kappa shape index (κ2) is 26.1. The van der Waals surface area contributed by atoms with Crippen LogP contribution in [0, 0.1) is 58.7 Å². The zero-order valence-electron chi connectivity index (χ0n) is 53.2. The van der Waals surface area contributed by atoms with Crippen molar-refractivity contribution in [3.63, 3.8) is 0 Å². The zero-order chi connectivity index (χ0) is 62.7. The molecule has 23 nitrogen and oxygen atoms in total. The first-order chi connectivity index (χ1) is 41.2. The smallest absolute Gasteiger partial charge is 0.303 e. The van der Waals surface area contributed by atoms with E-state index in [9.17, 15) is 33.9 Å². The lowest BCUT2D eigenvalue weighted by atomic mass is 9.56. The van der Waals surface area contributed by atoms with Crippen molar-refractivity contribution in [3.05, 3.63) is 34.7 Å². The van der Waals surface area contributed by atoms with E-state index in [4.69, 9.17) is 61.9 Å². The first kappa shape index (κ1) is 65.1. The minimum absolute atomic E-state index is 0.0213. The van der Waals surface area contributed by atoms with Gasteiger partial charge in [0.05, 0.1) is 48.0 Å². The molecule has 1 spiro atoms. The molecule has 25 atom stereocenters. The second-order valence-corrected chi connectivity index (χ2v) is 27.3. The van der Waals surface area contributed by atoms with Gasteiger partial charge in [-0.3, -0.25) is 33.7 Å². The van der Waals surface area contributed by atoms with Gasteiger partial charge in [-0.2, -0.15) is 0 Å². The monoisotopic (exact) mass is 1220 g/mol. The van der Waals surface area contributed by atoms with E-state index in [2.05, 4.69) is 43.9 Å². The van der Waals surface area contributed by atoms with Crippen molar-refractivity contribution in [1.29, 1.82) is 0 Å². The number of allylic oxidation sites excluding steroid dienone is 2. The lowest BCUT2D eigenvalue weighted by molar-refractivity contribution is -0.361. The van der Waals surface area contributed by atoms with Crippen LogP contribution >= 0.6 is 0 Å². The number of carbonyl (C=O) groups excluding carboxylic acids is 6. The summed E-state index contributed by atoms with van der Waals surface area (Å²) in [4.78, 5) is 78.3. The summed E-state index contributed by atoms with van der Waals surface area (Å²) in [5.74, 6) is -3.58. The van der Waals surface area contributed by atoms with Crippen molar-refractivity contribution in [2.75, 3.05) is 26.4 Å². The SMILES string of the molecule is CC(=O)OCC1O[C@@H](O[C@H]2C(COC(C)=O)O[C@@H](O[C@H]3C(COC(C)=O)O[C@@H](n4cc(CN5C[C@@H](C)C[C@H]6O[C@]7(CC[C@@H]8C(=C7C)C[C@H]7[C@H]8CC=C8C[C@@H](O)CC[C@@]87C)[C@H](C)[C@@H]65)nn4)[C@H](OC(C)=O)C3C)[C@H](OC(C)=O)C2C)[C@H](OC(C)=O)C(C)[C@H]1C. The van der Waals surface area contributed by atoms with Crippen LogP contribution in [-0.4, -0.2) is 172 Å². The van der Waals surface area contributed by atoms with E-state index in [0.29, 0.717) is 35.9 Å². The Balaban J connectivity index is 0.889. The van der Waals surface area contributed by atoms with Gasteiger partial charge in [0.1, 0.15) is 32.0 Å². The Bertz CT molecular complexity index is 2780. The number of esters is 6. The summed E-state index contributed by atoms with van der Waals surface area (Å²) in [5, 5.41) is 20.0. The van der Waals surface area contributed by atoms with Crippen molar-refractivity contribution in [1.82, 2.24) is 19.9 Å². The van der Waals surface area contributed by atoms with Gasteiger partial charge in [0.25, 0.3) is 0 Å². The van der Waals surface area contributed by atoms with E-state index in [1.807, 2.05) is 13.8 Å². The molecule has 0 amide bonds. The molecule has 23 heteroatoms. The minimum atomic E-state index is -1.43. The van der Waals surface area contributed by atoms with Crippen LogP contribution in [0.5, 0.6) is 0 Å². The molecule has 6 unspecified atom stereocenters. The standard InChI is InChI=1S/C64H94N4O19/c1-30-21-50-54(36(7)64(87-50)20-18-46-47-16-15-43-22-45(75)17-19-63(43,14)49(47)23-48(46)35(64)6)67(24-30)25-44-26-68(66-65-44)60-57(79-40(11)72)33(4)55(52(82-60)28-77-38(9)70)85-62-59(81-42(13)74)34(5)56(53(84-62)29-78-39(10)71)86-61-58(80-41(12)73)32(3)31(2)51(83-61)27-76-37(8)69/h15,26,30-34,36,45-47,49-62,75H,16-25,27-29H2,1-14H3/t30-,31+,32?,33?,34?,36+,45-,46-,47-,49-,50+,51?,52?,53?,54-,55+,56+,57+,58+,59+,60+,61-,62-,63-,64-/m0/s1. The molecule has 0 aromatic carbocycles. The molecule has 4 aliphatic carbocycles. The van der Waals surface area contributed by atoms with Crippen LogP contribution in [-0.2, 0) is 92.2 Å². The van der Waals surface area contributed by atoms with E-state index in [1.165, 1.54) is 57.4 Å². The topological polar surface area (TPSA) is 267 Å². The fraction of sp³-hybridized carbons (Fsp3) is 0.812. The Morgan fingerprint density at radius 2 is 1.24 bits per heavy atom. The maximum absolute atomic E-state index is 13.2. The highest BCUT2D eigenvalue weighted by Gasteiger charge is 2.62. The molecule has 87 heavy (non-hydrogen) atoms. The zero-order valence-corrected chi connectivity index (χ0v) is 53.2. The van der Waals surface area contributed by atoms with Gasteiger partial charge in [0.15, 0.2) is 37.1 Å². The first-order valence-electron chi connectivity index (χ1n) is 31.8. The number of rotatable bonds is 16. The molecule has 484 valence electrons. The van der Waals surface area contributed by atoms with E-state index >= 15 is 0 Å². The van der Waals surface area contributed by atoms with Crippen LogP contribution < -0.4 is 0 Å². The molecule has 0 radical (unpaired) electrons. The minimum Gasteiger partial charge on any atom is -0.463 e. The van der Waals surface area contributed by atoms with Crippen LogP contribution in [0.2, 0.25) is 0 Å². The van der Waals surface area contributed by atoms with Gasteiger partial charge < -0.3 is 61.9 Å². The molecule has 9 aliphatic rings. The van der Waals surface area contributed by atoms with E-state index in [-0.39, 0.29) is 66.8 Å². The van der Waals surface area contributed by atoms with Gasteiger partial charge in [0, 0.05) is 84.3 Å². The Morgan fingerprint density at radius 1 is 0.678 bits per heavy atom.